The number of methoxy groups -OCH3 is 1. The molecule has 1 aromatic carbocycles. The molecule has 1 amide bonds. The number of rotatable bonds is 10. The smallest absolute Gasteiger partial charge is 0.251 e. The zero-order valence-corrected chi connectivity index (χ0v) is 16.8. The molecule has 1 aromatic heterocycles. The van der Waals surface area contributed by atoms with Gasteiger partial charge in [-0.25, -0.2) is 4.98 Å². The van der Waals surface area contributed by atoms with Gasteiger partial charge >= 0.3 is 0 Å². The predicted molar refractivity (Wildman–Crippen MR) is 107 cm³/mol. The number of hydrogen-bond donors (Lipinski definition) is 1. The van der Waals surface area contributed by atoms with Gasteiger partial charge in [-0.05, 0) is 42.9 Å². The van der Waals surface area contributed by atoms with Crippen molar-refractivity contribution in [2.75, 3.05) is 33.4 Å². The Hall–Kier alpha value is -2.31. The van der Waals surface area contributed by atoms with Gasteiger partial charge in [-0.15, -0.1) is 0 Å². The van der Waals surface area contributed by atoms with Gasteiger partial charge in [0.2, 0.25) is 0 Å². The minimum absolute atomic E-state index is 0.210. The minimum Gasteiger partial charge on any atom is -0.493 e. The van der Waals surface area contributed by atoms with Crippen molar-refractivity contribution >= 4 is 17.5 Å². The molecule has 1 N–H and O–H groups in total. The Bertz CT molecular complexity index is 751. The summed E-state index contributed by atoms with van der Waals surface area (Å²) < 4.78 is 11.3. The van der Waals surface area contributed by atoms with Crippen LogP contribution >= 0.6 is 11.6 Å². The van der Waals surface area contributed by atoms with E-state index >= 15 is 0 Å². The van der Waals surface area contributed by atoms with E-state index in [1.165, 1.54) is 12.3 Å². The number of aromatic nitrogens is 1. The molecule has 0 unspecified atom stereocenters. The number of ether oxygens (including phenoxy) is 2. The van der Waals surface area contributed by atoms with E-state index in [2.05, 4.69) is 29.0 Å². The first kappa shape index (κ1) is 21.0. The SMILES string of the molecule is CCN(CC)CCOc1ccc(CNC(=O)c2ccnc(Cl)c2)cc1OC. The number of carbonyl (C=O) groups is 1. The second kappa shape index (κ2) is 10.7. The molecule has 1 heterocycles. The first-order valence-electron chi connectivity index (χ1n) is 8.99. The van der Waals surface area contributed by atoms with E-state index in [4.69, 9.17) is 21.1 Å². The van der Waals surface area contributed by atoms with E-state index in [1.807, 2.05) is 18.2 Å². The number of pyridine rings is 1. The summed E-state index contributed by atoms with van der Waals surface area (Å²) in [4.78, 5) is 18.4. The maximum Gasteiger partial charge on any atom is 0.251 e. The van der Waals surface area contributed by atoms with E-state index < -0.39 is 0 Å². The third kappa shape index (κ3) is 6.41. The van der Waals surface area contributed by atoms with Gasteiger partial charge in [0.15, 0.2) is 11.5 Å². The van der Waals surface area contributed by atoms with Gasteiger partial charge in [-0.1, -0.05) is 31.5 Å². The summed E-state index contributed by atoms with van der Waals surface area (Å²) in [5, 5.41) is 3.15. The molecule has 146 valence electrons. The van der Waals surface area contributed by atoms with Crippen LogP contribution < -0.4 is 14.8 Å². The lowest BCUT2D eigenvalue weighted by atomic mass is 10.2. The summed E-state index contributed by atoms with van der Waals surface area (Å²) in [6, 6.07) is 8.80. The zero-order chi connectivity index (χ0) is 19.6. The fraction of sp³-hybridized carbons (Fsp3) is 0.400. The average Bonchev–Trinajstić information content (AvgIpc) is 2.69. The topological polar surface area (TPSA) is 63.7 Å². The van der Waals surface area contributed by atoms with Crippen molar-refractivity contribution in [3.63, 3.8) is 0 Å². The fourth-order valence-electron chi connectivity index (χ4n) is 2.59. The number of benzene rings is 1. The number of carbonyl (C=O) groups excluding carboxylic acids is 1. The predicted octanol–water partition coefficient (Wildman–Crippen LogP) is 3.39. The van der Waals surface area contributed by atoms with E-state index in [0.717, 1.165) is 25.2 Å². The lowest BCUT2D eigenvalue weighted by Crippen LogP contribution is -2.28. The summed E-state index contributed by atoms with van der Waals surface area (Å²) >= 11 is 5.82. The van der Waals surface area contributed by atoms with Crippen molar-refractivity contribution in [2.45, 2.75) is 20.4 Å². The molecule has 0 aliphatic rings. The molecule has 7 heteroatoms. The highest BCUT2D eigenvalue weighted by Crippen LogP contribution is 2.28. The highest BCUT2D eigenvalue weighted by molar-refractivity contribution is 6.29. The second-order valence-electron chi connectivity index (χ2n) is 5.91. The largest absolute Gasteiger partial charge is 0.493 e. The Morgan fingerprint density at radius 3 is 2.63 bits per heavy atom. The van der Waals surface area contributed by atoms with E-state index in [9.17, 15) is 4.79 Å². The van der Waals surface area contributed by atoms with Gasteiger partial charge in [-0.2, -0.15) is 0 Å². The van der Waals surface area contributed by atoms with Crippen LogP contribution in [0, 0.1) is 0 Å². The van der Waals surface area contributed by atoms with Crippen LogP contribution in [0.15, 0.2) is 36.5 Å². The number of nitrogens with zero attached hydrogens (tertiary/aromatic N) is 2. The van der Waals surface area contributed by atoms with Gasteiger partial charge in [0.25, 0.3) is 5.91 Å². The van der Waals surface area contributed by atoms with E-state index in [1.54, 1.807) is 13.2 Å². The summed E-state index contributed by atoms with van der Waals surface area (Å²) in [6.45, 7) is 8.09. The standard InChI is InChI=1S/C20H26ClN3O3/c1-4-24(5-2)10-11-27-17-7-6-15(12-18(17)26-3)14-23-20(25)16-8-9-22-19(21)13-16/h6-9,12-13H,4-5,10-11,14H2,1-3H3,(H,23,25). The first-order valence-corrected chi connectivity index (χ1v) is 9.37. The molecule has 27 heavy (non-hydrogen) atoms. The van der Waals surface area contributed by atoms with Crippen molar-refractivity contribution in [2.24, 2.45) is 0 Å². The van der Waals surface area contributed by atoms with E-state index in [-0.39, 0.29) is 11.1 Å². The Labute approximate surface area is 165 Å². The molecule has 0 fully saturated rings. The Morgan fingerprint density at radius 2 is 1.96 bits per heavy atom. The van der Waals surface area contributed by atoms with Crippen molar-refractivity contribution in [1.82, 2.24) is 15.2 Å². The molecule has 2 rings (SSSR count). The van der Waals surface area contributed by atoms with Gasteiger partial charge in [-0.3, -0.25) is 4.79 Å². The number of likely N-dealkylation sites (N-methyl/N-ethyl adjacent to an activating group) is 1. The molecule has 0 atom stereocenters. The monoisotopic (exact) mass is 391 g/mol. The maximum atomic E-state index is 12.2. The Balaban J connectivity index is 1.93. The quantitative estimate of drug-likeness (QED) is 0.629. The maximum absolute atomic E-state index is 12.2. The Morgan fingerprint density at radius 1 is 1.19 bits per heavy atom. The highest BCUT2D eigenvalue weighted by Gasteiger charge is 2.09. The molecule has 0 aliphatic carbocycles. The lowest BCUT2D eigenvalue weighted by molar-refractivity contribution is 0.0950. The zero-order valence-electron chi connectivity index (χ0n) is 16.0. The van der Waals surface area contributed by atoms with Crippen LogP contribution in [0.5, 0.6) is 11.5 Å². The molecular formula is C20H26ClN3O3. The van der Waals surface area contributed by atoms with Gasteiger partial charge in [0.1, 0.15) is 11.8 Å². The first-order chi connectivity index (χ1) is 13.1. The lowest BCUT2D eigenvalue weighted by Gasteiger charge is -2.19. The molecule has 0 saturated heterocycles. The van der Waals surface area contributed by atoms with Crippen LogP contribution in [-0.4, -0.2) is 49.1 Å². The number of halogens is 1. The van der Waals surface area contributed by atoms with Crippen LogP contribution in [0.4, 0.5) is 0 Å². The van der Waals surface area contributed by atoms with E-state index in [0.29, 0.717) is 30.2 Å². The fourth-order valence-corrected chi connectivity index (χ4v) is 2.77. The Kier molecular flexibility index (Phi) is 8.36. The molecule has 6 nitrogen and oxygen atoms in total. The summed E-state index contributed by atoms with van der Waals surface area (Å²) in [7, 11) is 1.61. The molecular weight excluding hydrogens is 366 g/mol. The number of nitrogens with one attached hydrogen (secondary N) is 1. The van der Waals surface area contributed by atoms with Crippen molar-refractivity contribution in [3.8, 4) is 11.5 Å². The second-order valence-corrected chi connectivity index (χ2v) is 6.30. The van der Waals surface area contributed by atoms with Crippen LogP contribution in [0.3, 0.4) is 0 Å². The third-order valence-corrected chi connectivity index (χ3v) is 4.44. The number of hydrogen-bond acceptors (Lipinski definition) is 5. The van der Waals surface area contributed by atoms with Crippen LogP contribution in [0.1, 0.15) is 29.8 Å². The summed E-state index contributed by atoms with van der Waals surface area (Å²) in [5.74, 6) is 1.13. The third-order valence-electron chi connectivity index (χ3n) is 4.23. The molecule has 0 saturated carbocycles. The molecule has 0 spiro atoms. The van der Waals surface area contributed by atoms with Gasteiger partial charge < -0.3 is 19.7 Å². The normalized spacial score (nSPS) is 10.7. The van der Waals surface area contributed by atoms with Gasteiger partial charge in [0, 0.05) is 24.8 Å². The highest BCUT2D eigenvalue weighted by atomic mass is 35.5. The van der Waals surface area contributed by atoms with Crippen molar-refractivity contribution < 1.29 is 14.3 Å². The summed E-state index contributed by atoms with van der Waals surface area (Å²) in [5.41, 5.74) is 1.38. The van der Waals surface area contributed by atoms with Gasteiger partial charge in [0.05, 0.1) is 7.11 Å². The molecule has 0 aliphatic heterocycles. The minimum atomic E-state index is -0.210. The van der Waals surface area contributed by atoms with Crippen LogP contribution in [-0.2, 0) is 6.54 Å². The molecule has 0 bridgehead atoms. The molecule has 2 aromatic rings. The van der Waals surface area contributed by atoms with Crippen LogP contribution in [0.2, 0.25) is 5.15 Å². The van der Waals surface area contributed by atoms with Crippen molar-refractivity contribution in [1.29, 1.82) is 0 Å². The van der Waals surface area contributed by atoms with Crippen LogP contribution in [0.25, 0.3) is 0 Å². The van der Waals surface area contributed by atoms with Crippen molar-refractivity contribution in [3.05, 3.63) is 52.8 Å². The molecule has 0 radical (unpaired) electrons. The average molecular weight is 392 g/mol. The number of amides is 1. The summed E-state index contributed by atoms with van der Waals surface area (Å²) in [6.07, 6.45) is 1.50.